The van der Waals surface area contributed by atoms with Crippen molar-refractivity contribution in [2.45, 2.75) is 25.5 Å². The van der Waals surface area contributed by atoms with Gasteiger partial charge in [-0.1, -0.05) is 11.6 Å². The lowest BCUT2D eigenvalue weighted by molar-refractivity contribution is -0.137. The summed E-state index contributed by atoms with van der Waals surface area (Å²) in [5.74, 6) is -2.23. The number of hydrogen-bond donors (Lipinski definition) is 8. The molecule has 2 amide bonds. The van der Waals surface area contributed by atoms with Gasteiger partial charge in [0.1, 0.15) is 5.75 Å². The number of aliphatic carboxylic acids is 1. The molecule has 12 nitrogen and oxygen atoms in total. The number of nitrogens with two attached hydrogens (primary N) is 1. The van der Waals surface area contributed by atoms with Crippen LogP contribution in [0.4, 0.5) is 11.4 Å². The summed E-state index contributed by atoms with van der Waals surface area (Å²) in [7, 11) is 0. The fourth-order valence-corrected chi connectivity index (χ4v) is 3.84. The Bertz CT molecular complexity index is 1200. The Morgan fingerprint density at radius 3 is 2.67 bits per heavy atom. The molecule has 0 bridgehead atoms. The molecule has 1 aliphatic heterocycles. The number of rotatable bonds is 8. The van der Waals surface area contributed by atoms with Crippen LogP contribution in [0.25, 0.3) is 0 Å². The van der Waals surface area contributed by atoms with Gasteiger partial charge >= 0.3 is 5.97 Å². The molecule has 0 saturated heterocycles. The van der Waals surface area contributed by atoms with Gasteiger partial charge in [0.15, 0.2) is 5.96 Å². The Balaban J connectivity index is 1.66. The average molecular weight is 519 g/mol. The molecule has 13 heteroatoms. The lowest BCUT2D eigenvalue weighted by Crippen LogP contribution is -2.42. The van der Waals surface area contributed by atoms with Crippen molar-refractivity contribution in [3.63, 3.8) is 0 Å². The van der Waals surface area contributed by atoms with Crippen LogP contribution in [0.2, 0.25) is 5.02 Å². The van der Waals surface area contributed by atoms with Crippen molar-refractivity contribution in [1.29, 1.82) is 0 Å². The second kappa shape index (κ2) is 11.6. The Hall–Kier alpha value is -4.03. The Kier molecular flexibility index (Phi) is 8.56. The number of nitrogen functional groups attached to an aromatic ring is 1. The van der Waals surface area contributed by atoms with Crippen molar-refractivity contribution in [1.82, 2.24) is 16.0 Å². The van der Waals surface area contributed by atoms with Crippen molar-refractivity contribution < 1.29 is 29.7 Å². The van der Waals surface area contributed by atoms with Crippen LogP contribution in [0.1, 0.15) is 33.9 Å². The number of β-amino-alcohol motifs (C(OH)–C–C–N with tert-alkyl or cyclic N) is 1. The molecule has 2 aromatic carbocycles. The number of phenols is 1. The van der Waals surface area contributed by atoms with E-state index in [1.165, 1.54) is 24.3 Å². The first kappa shape index (κ1) is 26.6. The number of nitrogens with zero attached hydrogens (tertiary/aromatic N) is 1. The van der Waals surface area contributed by atoms with Crippen molar-refractivity contribution in [3.8, 4) is 5.75 Å². The predicted octanol–water partition coefficient (Wildman–Crippen LogP) is 0.730. The number of nitrogens with one attached hydrogen (secondary N) is 4. The molecular formula is C23H27ClN6O6. The number of carboxylic acids is 1. The fourth-order valence-electron chi connectivity index (χ4n) is 3.56. The summed E-state index contributed by atoms with van der Waals surface area (Å²) in [4.78, 5) is 40.7. The summed E-state index contributed by atoms with van der Waals surface area (Å²) in [5, 5.41) is 40.3. The average Bonchev–Trinajstić information content (AvgIpc) is 2.80. The number of benzene rings is 2. The number of halogens is 1. The number of aliphatic hydroxyl groups excluding tert-OH is 1. The van der Waals surface area contributed by atoms with Gasteiger partial charge in [-0.2, -0.15) is 0 Å². The standard InChI is InChI=1S/C23H27ClN6O6/c1-11-2-13(24)5-17(21(11)35)18(7-20(33)34)30-19(32)10-26-22(36)12-3-14(25)6-15(4-12)29-23-27-8-16(31)9-28-23/h2-6,16,18,31,35H,7-10,25H2,1H3,(H,26,36)(H,30,32)(H,33,34)(H2,27,28,29)/t18-/m1/s1. The molecule has 0 saturated carbocycles. The maximum Gasteiger partial charge on any atom is 0.305 e. The normalized spacial score (nSPS) is 15.8. The first-order valence-electron chi connectivity index (χ1n) is 10.9. The van der Waals surface area contributed by atoms with E-state index in [0.717, 1.165) is 0 Å². The van der Waals surface area contributed by atoms with E-state index < -0.39 is 42.9 Å². The molecule has 9 N–H and O–H groups in total. The monoisotopic (exact) mass is 518 g/mol. The van der Waals surface area contributed by atoms with E-state index in [9.17, 15) is 29.7 Å². The molecule has 0 fully saturated rings. The number of hydrogen-bond acceptors (Lipinski definition) is 9. The second-order valence-electron chi connectivity index (χ2n) is 8.25. The van der Waals surface area contributed by atoms with E-state index in [1.807, 2.05) is 0 Å². The lowest BCUT2D eigenvalue weighted by atomic mass is 10.00. The molecule has 3 rings (SSSR count). The number of carbonyl (C=O) groups is 3. The number of aliphatic imine (C=N–C) groups is 1. The summed E-state index contributed by atoms with van der Waals surface area (Å²) in [6.07, 6.45) is -1.09. The van der Waals surface area contributed by atoms with Crippen LogP contribution < -0.4 is 27.0 Å². The van der Waals surface area contributed by atoms with Gasteiger partial charge in [0.05, 0.1) is 31.7 Å². The summed E-state index contributed by atoms with van der Waals surface area (Å²) in [6.45, 7) is 1.69. The number of aliphatic hydroxyl groups is 1. The number of carbonyl (C=O) groups excluding carboxylic acids is 2. The van der Waals surface area contributed by atoms with E-state index in [1.54, 1.807) is 13.0 Å². The van der Waals surface area contributed by atoms with Gasteiger partial charge < -0.3 is 42.3 Å². The van der Waals surface area contributed by atoms with Crippen LogP contribution in [0.5, 0.6) is 5.75 Å². The highest BCUT2D eigenvalue weighted by atomic mass is 35.5. The Labute approximate surface area is 211 Å². The number of phenolic OH excluding ortho intramolecular Hbond substituents is 1. The third kappa shape index (κ3) is 7.23. The van der Waals surface area contributed by atoms with Crippen LogP contribution in [0.3, 0.4) is 0 Å². The molecule has 1 aliphatic rings. The Morgan fingerprint density at radius 1 is 1.25 bits per heavy atom. The summed E-state index contributed by atoms with van der Waals surface area (Å²) < 4.78 is 0. The van der Waals surface area contributed by atoms with Gasteiger partial charge in [-0.15, -0.1) is 0 Å². The van der Waals surface area contributed by atoms with Gasteiger partial charge in [0, 0.05) is 34.1 Å². The van der Waals surface area contributed by atoms with Gasteiger partial charge in [-0.05, 0) is 42.8 Å². The molecule has 2 aromatic rings. The van der Waals surface area contributed by atoms with Crippen LogP contribution in [-0.4, -0.2) is 64.8 Å². The number of anilines is 2. The molecular weight excluding hydrogens is 492 g/mol. The first-order chi connectivity index (χ1) is 17.0. The highest BCUT2D eigenvalue weighted by Gasteiger charge is 2.23. The quantitative estimate of drug-likeness (QED) is 0.232. The third-order valence-electron chi connectivity index (χ3n) is 5.24. The maximum absolute atomic E-state index is 12.7. The molecule has 1 heterocycles. The SMILES string of the molecule is Cc1cc(Cl)cc([C@@H](CC(=O)O)NC(=O)CNC(=O)c2cc(N)cc(NC3=NCC(O)CN3)c2)c1O. The predicted molar refractivity (Wildman–Crippen MR) is 134 cm³/mol. The summed E-state index contributed by atoms with van der Waals surface area (Å²) >= 11 is 6.04. The molecule has 2 atom stereocenters. The van der Waals surface area contributed by atoms with E-state index in [2.05, 4.69) is 26.3 Å². The number of aryl methyl sites for hydroxylation is 1. The number of guanidine groups is 1. The van der Waals surface area contributed by atoms with Crippen LogP contribution in [-0.2, 0) is 9.59 Å². The minimum absolute atomic E-state index is 0.153. The maximum atomic E-state index is 12.7. The van der Waals surface area contributed by atoms with Gasteiger partial charge in [0.2, 0.25) is 5.91 Å². The molecule has 0 aromatic heterocycles. The zero-order chi connectivity index (χ0) is 26.4. The van der Waals surface area contributed by atoms with Crippen molar-refractivity contribution in [2.24, 2.45) is 4.99 Å². The van der Waals surface area contributed by atoms with Crippen LogP contribution in [0.15, 0.2) is 35.3 Å². The molecule has 0 radical (unpaired) electrons. The number of amides is 2. The summed E-state index contributed by atoms with van der Waals surface area (Å²) in [5.41, 5.74) is 7.42. The summed E-state index contributed by atoms with van der Waals surface area (Å²) in [6, 6.07) is 6.35. The number of aromatic hydroxyl groups is 1. The van der Waals surface area contributed by atoms with Crippen molar-refractivity contribution in [3.05, 3.63) is 52.0 Å². The first-order valence-corrected chi connectivity index (χ1v) is 11.3. The topological polar surface area (TPSA) is 198 Å². The Morgan fingerprint density at radius 2 is 2.00 bits per heavy atom. The van der Waals surface area contributed by atoms with Gasteiger partial charge in [-0.3, -0.25) is 19.4 Å². The van der Waals surface area contributed by atoms with E-state index in [-0.39, 0.29) is 28.4 Å². The zero-order valence-corrected chi connectivity index (χ0v) is 20.1. The molecule has 192 valence electrons. The van der Waals surface area contributed by atoms with Gasteiger partial charge in [0.25, 0.3) is 5.91 Å². The largest absolute Gasteiger partial charge is 0.507 e. The van der Waals surface area contributed by atoms with E-state index >= 15 is 0 Å². The smallest absolute Gasteiger partial charge is 0.305 e. The molecule has 0 aliphatic carbocycles. The third-order valence-corrected chi connectivity index (χ3v) is 5.46. The van der Waals surface area contributed by atoms with Crippen molar-refractivity contribution in [2.75, 3.05) is 30.7 Å². The van der Waals surface area contributed by atoms with E-state index in [0.29, 0.717) is 29.4 Å². The van der Waals surface area contributed by atoms with Crippen molar-refractivity contribution >= 4 is 46.7 Å². The zero-order valence-electron chi connectivity index (χ0n) is 19.3. The minimum atomic E-state index is -1.20. The fraction of sp³-hybridized carbons (Fsp3) is 0.304. The van der Waals surface area contributed by atoms with Crippen LogP contribution >= 0.6 is 11.6 Å². The number of carboxylic acid groups (broad SMARTS) is 1. The lowest BCUT2D eigenvalue weighted by Gasteiger charge is -2.20. The highest BCUT2D eigenvalue weighted by molar-refractivity contribution is 6.30. The van der Waals surface area contributed by atoms with Crippen LogP contribution in [0, 0.1) is 6.92 Å². The van der Waals surface area contributed by atoms with E-state index in [4.69, 9.17) is 17.3 Å². The van der Waals surface area contributed by atoms with Gasteiger partial charge in [-0.25, -0.2) is 0 Å². The highest BCUT2D eigenvalue weighted by Crippen LogP contribution is 2.32. The molecule has 1 unspecified atom stereocenters. The second-order valence-corrected chi connectivity index (χ2v) is 8.69. The molecule has 36 heavy (non-hydrogen) atoms. The molecule has 0 spiro atoms. The minimum Gasteiger partial charge on any atom is -0.507 e.